The van der Waals surface area contributed by atoms with E-state index in [4.69, 9.17) is 13.9 Å². The highest BCUT2D eigenvalue weighted by Crippen LogP contribution is 2.39. The number of fused-ring (bicyclic) bond motifs is 2. The zero-order valence-electron chi connectivity index (χ0n) is 22.8. The molecule has 0 bridgehead atoms. The number of amides is 1. The van der Waals surface area contributed by atoms with Crippen LogP contribution in [0.25, 0.3) is 11.0 Å². The minimum Gasteiger partial charge on any atom is -0.494 e. The first kappa shape index (κ1) is 26.4. The summed E-state index contributed by atoms with van der Waals surface area (Å²) in [6, 6.07) is 11.1. The van der Waals surface area contributed by atoms with Crippen molar-refractivity contribution in [2.24, 2.45) is 0 Å². The fraction of sp³-hybridized carbons (Fsp3) is 0.484. The van der Waals surface area contributed by atoms with E-state index in [1.807, 2.05) is 55.1 Å². The molecule has 0 N–H and O–H groups in total. The fourth-order valence-corrected chi connectivity index (χ4v) is 5.43. The van der Waals surface area contributed by atoms with Crippen molar-refractivity contribution < 1.29 is 18.7 Å². The monoisotopic (exact) mass is 518 g/mol. The molecule has 2 aliphatic heterocycles. The molecule has 2 aromatic carbocycles. The van der Waals surface area contributed by atoms with E-state index in [1.165, 1.54) is 0 Å². The van der Waals surface area contributed by atoms with Gasteiger partial charge in [0.25, 0.3) is 5.91 Å². The van der Waals surface area contributed by atoms with Gasteiger partial charge in [-0.25, -0.2) is 0 Å². The van der Waals surface area contributed by atoms with Gasteiger partial charge in [-0.2, -0.15) is 0 Å². The normalized spacial score (nSPS) is 17.8. The summed E-state index contributed by atoms with van der Waals surface area (Å²) in [7, 11) is 0. The number of nitrogens with zero attached hydrogens (tertiary/aromatic N) is 2. The quantitative estimate of drug-likeness (QED) is 0.342. The largest absolute Gasteiger partial charge is 0.494 e. The highest BCUT2D eigenvalue weighted by Gasteiger charge is 2.42. The molecule has 1 fully saturated rings. The second kappa shape index (κ2) is 11.7. The second-order valence-electron chi connectivity index (χ2n) is 10.4. The number of hydrogen-bond acceptors (Lipinski definition) is 6. The molecule has 0 radical (unpaired) electrons. The van der Waals surface area contributed by atoms with Gasteiger partial charge in [-0.1, -0.05) is 31.9 Å². The predicted molar refractivity (Wildman–Crippen MR) is 148 cm³/mol. The number of unbranched alkanes of at least 4 members (excludes halogenated alkanes) is 2. The zero-order chi connectivity index (χ0) is 26.6. The SMILES string of the molecule is CCCCCOc1ccc(C2c3c(oc4cc(C)c(C)cc4c3=O)C(=O)N2CCCN2CCOCC2)cc1. The molecule has 1 amide bonds. The molecule has 1 aromatic heterocycles. The molecule has 5 rings (SSSR count). The van der Waals surface area contributed by atoms with E-state index in [0.717, 1.165) is 81.0 Å². The number of carbonyl (C=O) groups is 1. The van der Waals surface area contributed by atoms with Crippen LogP contribution < -0.4 is 10.2 Å². The topological polar surface area (TPSA) is 72.2 Å². The van der Waals surface area contributed by atoms with Gasteiger partial charge in [0.15, 0.2) is 5.43 Å². The van der Waals surface area contributed by atoms with Crippen molar-refractivity contribution in [1.82, 2.24) is 9.80 Å². The lowest BCUT2D eigenvalue weighted by molar-refractivity contribution is 0.0353. The third kappa shape index (κ3) is 5.36. The lowest BCUT2D eigenvalue weighted by Gasteiger charge is -2.29. The van der Waals surface area contributed by atoms with Crippen LogP contribution in [0.2, 0.25) is 0 Å². The Morgan fingerprint density at radius 2 is 1.68 bits per heavy atom. The van der Waals surface area contributed by atoms with Crippen LogP contribution in [0.15, 0.2) is 45.6 Å². The Labute approximate surface area is 224 Å². The average molecular weight is 519 g/mol. The third-order valence-electron chi connectivity index (χ3n) is 7.77. The van der Waals surface area contributed by atoms with Gasteiger partial charge in [-0.05, 0) is 67.6 Å². The van der Waals surface area contributed by atoms with Crippen LogP contribution in [-0.4, -0.2) is 61.7 Å². The maximum Gasteiger partial charge on any atom is 0.290 e. The summed E-state index contributed by atoms with van der Waals surface area (Å²) >= 11 is 0. The molecule has 2 aliphatic rings. The van der Waals surface area contributed by atoms with Crippen LogP contribution in [0, 0.1) is 13.8 Å². The number of ether oxygens (including phenoxy) is 2. The lowest BCUT2D eigenvalue weighted by Crippen LogP contribution is -2.38. The van der Waals surface area contributed by atoms with Crippen molar-refractivity contribution >= 4 is 16.9 Å². The van der Waals surface area contributed by atoms with Gasteiger partial charge in [-0.15, -0.1) is 0 Å². The second-order valence-corrected chi connectivity index (χ2v) is 10.4. The molecule has 0 saturated carbocycles. The minimum absolute atomic E-state index is 0.127. The highest BCUT2D eigenvalue weighted by atomic mass is 16.5. The summed E-state index contributed by atoms with van der Waals surface area (Å²) in [5, 5.41) is 0.524. The molecule has 1 saturated heterocycles. The number of hydrogen-bond donors (Lipinski definition) is 0. The van der Waals surface area contributed by atoms with E-state index >= 15 is 0 Å². The number of carbonyl (C=O) groups excluding carboxylic acids is 1. The van der Waals surface area contributed by atoms with Crippen LogP contribution in [-0.2, 0) is 4.74 Å². The Kier molecular flexibility index (Phi) is 8.15. The third-order valence-corrected chi connectivity index (χ3v) is 7.77. The molecular formula is C31H38N2O5. The van der Waals surface area contributed by atoms with Crippen molar-refractivity contribution in [3.8, 4) is 5.75 Å². The Hall–Kier alpha value is -3.16. The Morgan fingerprint density at radius 1 is 0.947 bits per heavy atom. The van der Waals surface area contributed by atoms with Crippen molar-refractivity contribution in [3.63, 3.8) is 0 Å². The molecule has 0 spiro atoms. The maximum atomic E-state index is 13.9. The van der Waals surface area contributed by atoms with E-state index in [9.17, 15) is 9.59 Å². The van der Waals surface area contributed by atoms with Crippen molar-refractivity contribution in [2.45, 2.75) is 52.5 Å². The first-order valence-corrected chi connectivity index (χ1v) is 13.9. The van der Waals surface area contributed by atoms with Crippen LogP contribution in [0.1, 0.15) is 71.5 Å². The molecule has 1 atom stereocenters. The number of morpholine rings is 1. The first-order chi connectivity index (χ1) is 18.5. The average Bonchev–Trinajstić information content (AvgIpc) is 3.20. The maximum absolute atomic E-state index is 13.9. The highest BCUT2D eigenvalue weighted by molar-refractivity contribution is 5.99. The van der Waals surface area contributed by atoms with Crippen LogP contribution >= 0.6 is 0 Å². The summed E-state index contributed by atoms with van der Waals surface area (Å²) in [4.78, 5) is 31.8. The van der Waals surface area contributed by atoms with Gasteiger partial charge < -0.3 is 18.8 Å². The van der Waals surface area contributed by atoms with Crippen molar-refractivity contribution in [2.75, 3.05) is 46.0 Å². The molecule has 202 valence electrons. The van der Waals surface area contributed by atoms with E-state index in [2.05, 4.69) is 11.8 Å². The number of aryl methyl sites for hydroxylation is 2. The van der Waals surface area contributed by atoms with Gasteiger partial charge in [0.05, 0.1) is 36.8 Å². The molecule has 1 unspecified atom stereocenters. The lowest BCUT2D eigenvalue weighted by atomic mass is 9.97. The van der Waals surface area contributed by atoms with Gasteiger partial charge in [-0.3, -0.25) is 14.5 Å². The summed E-state index contributed by atoms with van der Waals surface area (Å²) in [6.07, 6.45) is 4.11. The van der Waals surface area contributed by atoms with Crippen LogP contribution in [0.4, 0.5) is 0 Å². The summed E-state index contributed by atoms with van der Waals surface area (Å²) < 4.78 is 17.5. The van der Waals surface area contributed by atoms with Gasteiger partial charge in [0.2, 0.25) is 5.76 Å². The molecule has 3 aromatic rings. The Bertz CT molecular complexity index is 1340. The minimum atomic E-state index is -0.487. The summed E-state index contributed by atoms with van der Waals surface area (Å²) in [5.41, 5.74) is 3.72. The fourth-order valence-electron chi connectivity index (χ4n) is 5.43. The van der Waals surface area contributed by atoms with E-state index in [-0.39, 0.29) is 17.1 Å². The zero-order valence-corrected chi connectivity index (χ0v) is 22.8. The Balaban J connectivity index is 1.47. The molecule has 7 nitrogen and oxygen atoms in total. The van der Waals surface area contributed by atoms with Gasteiger partial charge in [0.1, 0.15) is 11.3 Å². The first-order valence-electron chi connectivity index (χ1n) is 13.9. The number of benzene rings is 2. The predicted octanol–water partition coefficient (Wildman–Crippen LogP) is 5.25. The van der Waals surface area contributed by atoms with Crippen molar-refractivity contribution in [3.05, 3.63) is 74.6 Å². The van der Waals surface area contributed by atoms with Crippen molar-refractivity contribution in [1.29, 1.82) is 0 Å². The standard InChI is InChI=1S/C31H38N2O5/c1-4-5-6-16-37-24-10-8-23(9-11-24)28-27-29(34)25-19-21(2)22(3)20-26(25)38-30(27)31(35)33(28)13-7-12-32-14-17-36-18-15-32/h8-11,19-20,28H,4-7,12-18H2,1-3H3. The van der Waals surface area contributed by atoms with E-state index < -0.39 is 6.04 Å². The summed E-state index contributed by atoms with van der Waals surface area (Å²) in [5.74, 6) is 0.746. The van der Waals surface area contributed by atoms with Crippen LogP contribution in [0.3, 0.4) is 0 Å². The van der Waals surface area contributed by atoms with Crippen LogP contribution in [0.5, 0.6) is 5.75 Å². The Morgan fingerprint density at radius 3 is 2.42 bits per heavy atom. The molecule has 0 aliphatic carbocycles. The molecule has 7 heteroatoms. The van der Waals surface area contributed by atoms with E-state index in [0.29, 0.717) is 29.7 Å². The van der Waals surface area contributed by atoms with Gasteiger partial charge in [0, 0.05) is 26.2 Å². The number of rotatable bonds is 10. The van der Waals surface area contributed by atoms with Gasteiger partial charge >= 0.3 is 0 Å². The molecular weight excluding hydrogens is 480 g/mol. The summed E-state index contributed by atoms with van der Waals surface area (Å²) in [6.45, 7) is 11.5. The molecule has 38 heavy (non-hydrogen) atoms. The smallest absolute Gasteiger partial charge is 0.290 e. The van der Waals surface area contributed by atoms with E-state index in [1.54, 1.807) is 0 Å². The molecule has 3 heterocycles.